The van der Waals surface area contributed by atoms with Gasteiger partial charge in [0.25, 0.3) is 5.91 Å². The molecule has 5 rings (SSSR count). The zero-order valence-corrected chi connectivity index (χ0v) is 19.1. The van der Waals surface area contributed by atoms with E-state index in [4.69, 9.17) is 0 Å². The molecule has 32 heavy (non-hydrogen) atoms. The topological polar surface area (TPSA) is 65.5 Å². The van der Waals surface area contributed by atoms with Crippen molar-refractivity contribution in [3.05, 3.63) is 66.0 Å². The highest BCUT2D eigenvalue weighted by atomic mass is 32.2. The molecule has 1 aromatic carbocycles. The summed E-state index contributed by atoms with van der Waals surface area (Å²) in [5.41, 5.74) is 1.07. The maximum absolute atomic E-state index is 13.9. The average Bonchev–Trinajstić information content (AvgIpc) is 3.45. The van der Waals surface area contributed by atoms with Gasteiger partial charge >= 0.3 is 6.03 Å². The second-order valence-corrected chi connectivity index (χ2v) is 10.3. The number of benzene rings is 1. The van der Waals surface area contributed by atoms with E-state index in [2.05, 4.69) is 27.3 Å². The van der Waals surface area contributed by atoms with E-state index in [1.165, 1.54) is 22.8 Å². The molecule has 3 fully saturated rings. The number of amides is 3. The number of thioether (sulfide) groups is 1. The Morgan fingerprint density at radius 1 is 1.03 bits per heavy atom. The molecule has 3 saturated heterocycles. The summed E-state index contributed by atoms with van der Waals surface area (Å²) in [5, 5.41) is 3.18. The molecule has 7 heteroatoms. The van der Waals surface area contributed by atoms with E-state index >= 15 is 0 Å². The third-order valence-electron chi connectivity index (χ3n) is 7.24. The summed E-state index contributed by atoms with van der Waals surface area (Å²) in [6.45, 7) is 2.25. The summed E-state index contributed by atoms with van der Waals surface area (Å²) in [7, 11) is 0. The number of nitrogens with zero attached hydrogens (tertiary/aromatic N) is 3. The molecule has 3 amide bonds. The van der Waals surface area contributed by atoms with E-state index in [0.29, 0.717) is 12.5 Å². The lowest BCUT2D eigenvalue weighted by molar-refractivity contribution is -0.134. The summed E-state index contributed by atoms with van der Waals surface area (Å²) in [6.07, 6.45) is 7.08. The molecule has 1 aromatic heterocycles. The van der Waals surface area contributed by atoms with Crippen LogP contribution in [0.3, 0.4) is 0 Å². The number of pyridine rings is 1. The van der Waals surface area contributed by atoms with Gasteiger partial charge in [0.2, 0.25) is 0 Å². The molecule has 2 atom stereocenters. The Morgan fingerprint density at radius 2 is 1.81 bits per heavy atom. The van der Waals surface area contributed by atoms with Crippen LogP contribution in [-0.2, 0) is 17.8 Å². The van der Waals surface area contributed by atoms with Crippen molar-refractivity contribution in [3.63, 3.8) is 0 Å². The monoisotopic (exact) mass is 450 g/mol. The predicted octanol–water partition coefficient (Wildman–Crippen LogP) is 3.33. The van der Waals surface area contributed by atoms with Gasteiger partial charge < -0.3 is 5.32 Å². The molecular weight excluding hydrogens is 420 g/mol. The van der Waals surface area contributed by atoms with Crippen LogP contribution in [0.2, 0.25) is 0 Å². The van der Waals surface area contributed by atoms with Crippen LogP contribution < -0.4 is 5.32 Å². The summed E-state index contributed by atoms with van der Waals surface area (Å²) in [4.78, 5) is 35.1. The van der Waals surface area contributed by atoms with Crippen molar-refractivity contribution in [3.8, 4) is 0 Å². The minimum atomic E-state index is -0.878. The van der Waals surface area contributed by atoms with E-state index in [1.807, 2.05) is 42.1 Å². The SMILES string of the molecule is O=C1N[C@@](Cc2ccccc2)(C2CCN([C@@H]3CCSC3)CC2)C(=O)N1Cc1cccnc1. The zero-order valence-electron chi connectivity index (χ0n) is 18.3. The number of aromatic nitrogens is 1. The first-order valence-electron chi connectivity index (χ1n) is 11.5. The largest absolute Gasteiger partial charge is 0.325 e. The van der Waals surface area contributed by atoms with Gasteiger partial charge in [0.1, 0.15) is 5.54 Å². The fourth-order valence-electron chi connectivity index (χ4n) is 5.49. The van der Waals surface area contributed by atoms with Gasteiger partial charge in [-0.1, -0.05) is 36.4 Å². The Bertz CT molecular complexity index is 943. The minimum Gasteiger partial charge on any atom is -0.322 e. The van der Waals surface area contributed by atoms with Crippen LogP contribution in [0.1, 0.15) is 30.4 Å². The Kier molecular flexibility index (Phi) is 6.20. The van der Waals surface area contributed by atoms with Gasteiger partial charge in [-0.05, 0) is 61.2 Å². The molecule has 6 nitrogen and oxygen atoms in total. The smallest absolute Gasteiger partial charge is 0.322 e. The zero-order chi connectivity index (χ0) is 22.0. The summed E-state index contributed by atoms with van der Waals surface area (Å²) >= 11 is 2.04. The van der Waals surface area contributed by atoms with Crippen molar-refractivity contribution >= 4 is 23.7 Å². The molecule has 168 valence electrons. The average molecular weight is 451 g/mol. The maximum Gasteiger partial charge on any atom is 0.325 e. The normalized spacial score (nSPS) is 27.1. The van der Waals surface area contributed by atoms with Crippen molar-refractivity contribution < 1.29 is 9.59 Å². The van der Waals surface area contributed by atoms with Crippen molar-refractivity contribution in [2.75, 3.05) is 24.6 Å². The molecule has 3 aliphatic heterocycles. The Hall–Kier alpha value is -2.38. The van der Waals surface area contributed by atoms with Gasteiger partial charge in [-0.3, -0.25) is 19.6 Å². The molecule has 3 aliphatic rings. The molecule has 0 bridgehead atoms. The quantitative estimate of drug-likeness (QED) is 0.684. The van der Waals surface area contributed by atoms with Gasteiger partial charge in [-0.15, -0.1) is 0 Å². The second kappa shape index (κ2) is 9.24. The fraction of sp³-hybridized carbons (Fsp3) is 0.480. The third kappa shape index (κ3) is 4.16. The van der Waals surface area contributed by atoms with Crippen molar-refractivity contribution in [2.24, 2.45) is 5.92 Å². The molecule has 4 heterocycles. The molecule has 0 radical (unpaired) electrons. The third-order valence-corrected chi connectivity index (χ3v) is 8.38. The number of piperidine rings is 1. The van der Waals surface area contributed by atoms with E-state index in [-0.39, 0.29) is 24.4 Å². The van der Waals surface area contributed by atoms with E-state index in [9.17, 15) is 9.59 Å². The molecule has 0 aliphatic carbocycles. The number of hydrogen-bond donors (Lipinski definition) is 1. The second-order valence-electron chi connectivity index (χ2n) is 9.14. The molecule has 2 aromatic rings. The number of urea groups is 1. The Morgan fingerprint density at radius 3 is 2.50 bits per heavy atom. The highest BCUT2D eigenvalue weighted by Gasteiger charge is 2.56. The number of imide groups is 1. The Balaban J connectivity index is 1.39. The van der Waals surface area contributed by atoms with E-state index < -0.39 is 5.54 Å². The first-order chi connectivity index (χ1) is 15.7. The summed E-state index contributed by atoms with van der Waals surface area (Å²) in [6, 6.07) is 14.2. The van der Waals surface area contributed by atoms with E-state index in [1.54, 1.807) is 12.4 Å². The highest BCUT2D eigenvalue weighted by molar-refractivity contribution is 7.99. The summed E-state index contributed by atoms with van der Waals surface area (Å²) in [5.74, 6) is 2.50. The molecule has 0 unspecified atom stereocenters. The van der Waals surface area contributed by atoms with Gasteiger partial charge in [0.05, 0.1) is 6.54 Å². The molecular formula is C25H30N4O2S. The van der Waals surface area contributed by atoms with Gasteiger partial charge in [0, 0.05) is 30.6 Å². The summed E-state index contributed by atoms with van der Waals surface area (Å²) < 4.78 is 0. The number of hydrogen-bond acceptors (Lipinski definition) is 5. The Labute approximate surface area is 193 Å². The fourth-order valence-corrected chi connectivity index (χ4v) is 6.74. The van der Waals surface area contributed by atoms with Gasteiger partial charge in [0.15, 0.2) is 0 Å². The first-order valence-corrected chi connectivity index (χ1v) is 12.7. The van der Waals surface area contributed by atoms with Crippen molar-refractivity contribution in [1.29, 1.82) is 0 Å². The van der Waals surface area contributed by atoms with Crippen molar-refractivity contribution in [1.82, 2.24) is 20.1 Å². The molecule has 0 spiro atoms. The maximum atomic E-state index is 13.9. The van der Waals surface area contributed by atoms with Crippen molar-refractivity contribution in [2.45, 2.75) is 43.8 Å². The number of rotatable bonds is 6. The lowest BCUT2D eigenvalue weighted by atomic mass is 9.73. The van der Waals surface area contributed by atoms with Crippen LogP contribution in [-0.4, -0.2) is 62.9 Å². The highest BCUT2D eigenvalue weighted by Crippen LogP contribution is 2.38. The molecule has 0 saturated carbocycles. The number of carbonyl (C=O) groups excluding carboxylic acids is 2. The van der Waals surface area contributed by atoms with E-state index in [0.717, 1.165) is 37.1 Å². The van der Waals surface area contributed by atoms with Crippen LogP contribution in [0.5, 0.6) is 0 Å². The lowest BCUT2D eigenvalue weighted by Crippen LogP contribution is -2.58. The predicted molar refractivity (Wildman–Crippen MR) is 126 cm³/mol. The van der Waals surface area contributed by atoms with Crippen LogP contribution in [0.15, 0.2) is 54.9 Å². The van der Waals surface area contributed by atoms with Crippen LogP contribution in [0.25, 0.3) is 0 Å². The standard InChI is InChI=1S/C25H30N4O2S/c30-23-25(15-19-5-2-1-3-6-19,21-8-12-28(13-9-21)22-10-14-32-18-22)27-24(31)29(23)17-20-7-4-11-26-16-20/h1-7,11,16,21-22H,8-10,12-15,17-18H2,(H,27,31)/t22-,25+/m1/s1. The number of likely N-dealkylation sites (tertiary alicyclic amines) is 1. The van der Waals surface area contributed by atoms with Crippen LogP contribution in [0.4, 0.5) is 4.79 Å². The van der Waals surface area contributed by atoms with Crippen LogP contribution >= 0.6 is 11.8 Å². The molecule has 1 N–H and O–H groups in total. The number of nitrogens with one attached hydrogen (secondary N) is 1. The number of carbonyl (C=O) groups is 2. The van der Waals surface area contributed by atoms with Gasteiger partial charge in [-0.2, -0.15) is 11.8 Å². The first kappa shape index (κ1) is 21.5. The van der Waals surface area contributed by atoms with Gasteiger partial charge in [-0.25, -0.2) is 4.79 Å². The minimum absolute atomic E-state index is 0.0925. The van der Waals surface area contributed by atoms with Crippen LogP contribution in [0, 0.1) is 5.92 Å². The lowest BCUT2D eigenvalue weighted by Gasteiger charge is -2.42.